The van der Waals surface area contributed by atoms with Gasteiger partial charge in [-0.05, 0) is 246 Å². The average molecular weight is 1970 g/mol. The molecular formula is C136H101O9P3. The van der Waals surface area contributed by atoms with Gasteiger partial charge in [0, 0.05) is 66.8 Å². The lowest BCUT2D eigenvalue weighted by atomic mass is 9.92. The van der Waals surface area contributed by atoms with Crippen LogP contribution in [0.25, 0.3) is 134 Å². The molecule has 21 aromatic rings. The fourth-order valence-electron chi connectivity index (χ4n) is 22.9. The van der Waals surface area contributed by atoms with E-state index >= 15 is 13.7 Å². The molecule has 2 atom stereocenters. The molecule has 714 valence electrons. The predicted octanol–water partition coefficient (Wildman–Crippen LogP) is 33.7. The van der Waals surface area contributed by atoms with Crippen molar-refractivity contribution >= 4 is 69.2 Å². The fourth-order valence-corrected chi connectivity index (χ4v) is 32.3. The zero-order chi connectivity index (χ0) is 101. The molecule has 148 heavy (non-hydrogen) atoms. The normalized spacial score (nSPS) is 14.7. The van der Waals surface area contributed by atoms with Crippen LogP contribution < -0.4 is 76.2 Å². The molecule has 0 spiro atoms. The summed E-state index contributed by atoms with van der Waals surface area (Å²) in [5.74, 6) is 7.34. The molecule has 0 aliphatic carbocycles. The largest absolute Gasteiger partial charge is 0.454 e. The molecule has 27 rings (SSSR count). The third kappa shape index (κ3) is 14.7. The molecular weight excluding hydrogens is 1870 g/mol. The summed E-state index contributed by atoms with van der Waals surface area (Å²) in [6.07, 6.45) is 0. The maximum Gasteiger partial charge on any atom is 0.185 e. The van der Waals surface area contributed by atoms with Gasteiger partial charge in [0.2, 0.25) is 0 Å². The zero-order valence-electron chi connectivity index (χ0n) is 83.5. The molecule has 6 aliphatic heterocycles. The summed E-state index contributed by atoms with van der Waals surface area (Å²) in [5, 5.41) is 6.01. The minimum atomic E-state index is -3.62. The molecule has 0 amide bonds. The number of para-hydroxylation sites is 6. The van der Waals surface area contributed by atoms with E-state index in [0.717, 1.165) is 189 Å². The Kier molecular flexibility index (Phi) is 22.9. The highest BCUT2D eigenvalue weighted by Gasteiger charge is 2.54. The van der Waals surface area contributed by atoms with Crippen LogP contribution in [0.2, 0.25) is 0 Å². The van der Waals surface area contributed by atoms with Crippen molar-refractivity contribution < 1.29 is 42.1 Å². The Morgan fingerprint density at radius 2 is 0.270 bits per heavy atom. The fraction of sp³-hybridized carbons (Fsp3) is 0.0735. The number of fused-ring (bicyclic) bond motifs is 12. The molecule has 0 saturated carbocycles. The molecule has 0 bridgehead atoms. The molecule has 12 heteroatoms. The van der Waals surface area contributed by atoms with Crippen molar-refractivity contribution in [3.05, 3.63) is 486 Å². The second kappa shape index (κ2) is 36.7. The Morgan fingerprint density at radius 1 is 0.128 bits per heavy atom. The first-order valence-corrected chi connectivity index (χ1v) is 55.4. The van der Waals surface area contributed by atoms with Gasteiger partial charge in [-0.2, -0.15) is 0 Å². The van der Waals surface area contributed by atoms with Crippen LogP contribution in [-0.4, -0.2) is 0 Å². The highest BCUT2D eigenvalue weighted by atomic mass is 31.2. The zero-order valence-corrected chi connectivity index (χ0v) is 86.2. The molecule has 9 nitrogen and oxygen atoms in total. The number of hydrogen-bond donors (Lipinski definition) is 0. The smallest absolute Gasteiger partial charge is 0.185 e. The first-order valence-electron chi connectivity index (χ1n) is 50.3. The van der Waals surface area contributed by atoms with Crippen molar-refractivity contribution in [1.29, 1.82) is 0 Å². The van der Waals surface area contributed by atoms with Gasteiger partial charge in [-0.3, -0.25) is 0 Å². The van der Waals surface area contributed by atoms with E-state index in [1.807, 2.05) is 200 Å². The number of hydrogen-bond acceptors (Lipinski definition) is 9. The van der Waals surface area contributed by atoms with Crippen LogP contribution in [0.4, 0.5) is 0 Å². The maximum absolute atomic E-state index is 16.9. The van der Waals surface area contributed by atoms with Gasteiger partial charge < -0.3 is 42.1 Å². The summed E-state index contributed by atoms with van der Waals surface area (Å²) in [7, 11) is -10.8. The lowest BCUT2D eigenvalue weighted by Crippen LogP contribution is -2.36. The Labute approximate surface area is 863 Å². The SMILES string of the molecule is Cc1ccccc1-c1cccc2c1Oc1c(-c3ccccc3)cc(-c3ccccc3C)c3c1P2(=O)c1cccc(-c2ccccc2C)c1O3.Cc1ccccc1-c1cccc2c1Oc1c(-c3ccccc3C)cc(-c3ccccc3C)c3c1P2(=O)c1cccc(-c2ccccc2)c1O3.Cc1ccccc1-c1cccc2c1Oc1c(-c3ccccc3C)cc(-c3ccccc3C)c3c1P2(=O)c1cccc(-c2ccccc2C)c1O3. The standard InChI is InChI=1S/C46H35O3P.2C45H33O3P/c1-28-15-5-9-19-32(28)36-23-13-25-40-42(36)48-44-38(34-21-11-7-17-30(34)3)27-39(35-22-12-8-18-31(35)4)45-46(44)50(40,47)41-26-14-24-37(43(41)49-45)33-20-10-6-16-29(33)2;1-28-15-7-10-20-32(28)35-23-13-25-39-41(35)47-43-37(31-18-5-4-6-19-31)27-38(34-22-12-9-17-30(34)3)44-45(43)49(39,46)40-26-14-24-36(42(40)48-44)33-21-11-8-16-29(33)2;1-28-15-7-10-20-32(28)36-24-14-26-40-42(36)48-44-38(34-22-12-9-17-30(34)3)27-37(33-21-11-8-16-29(33)2)43-45(44)49(40,46)39-25-13-23-35(41(39)47-43)31-18-5-4-6-19-31/h5-27H,1-4H3;2*4-27H,1-3H3. The topological polar surface area (TPSA) is 107 Å². The lowest BCUT2D eigenvalue weighted by molar-refractivity contribution is 0.464. The summed E-state index contributed by atoms with van der Waals surface area (Å²) in [5.41, 5.74) is 34.4. The molecule has 6 heterocycles. The van der Waals surface area contributed by atoms with Gasteiger partial charge in [0.1, 0.15) is 50.4 Å². The van der Waals surface area contributed by atoms with Gasteiger partial charge in [0.15, 0.2) is 55.9 Å². The van der Waals surface area contributed by atoms with E-state index in [0.29, 0.717) is 117 Å². The number of aryl methyl sites for hydroxylation is 10. The Balaban J connectivity index is 0.000000115. The monoisotopic (exact) mass is 1970 g/mol. The van der Waals surface area contributed by atoms with Gasteiger partial charge in [-0.1, -0.05) is 376 Å². The van der Waals surface area contributed by atoms with Gasteiger partial charge >= 0.3 is 0 Å². The molecule has 21 aromatic carbocycles. The predicted molar refractivity (Wildman–Crippen MR) is 611 cm³/mol. The molecule has 0 aromatic heterocycles. The van der Waals surface area contributed by atoms with E-state index < -0.39 is 21.4 Å². The van der Waals surface area contributed by atoms with Crippen molar-refractivity contribution in [3.8, 4) is 203 Å². The van der Waals surface area contributed by atoms with E-state index in [1.54, 1.807) is 0 Å². The summed E-state index contributed by atoms with van der Waals surface area (Å²) < 4.78 is 93.4. The van der Waals surface area contributed by atoms with Crippen LogP contribution in [0.15, 0.2) is 431 Å². The second-order valence-electron chi connectivity index (χ2n) is 39.2. The summed E-state index contributed by atoms with van der Waals surface area (Å²) >= 11 is 0. The Bertz CT molecular complexity index is 9010. The van der Waals surface area contributed by atoms with Crippen LogP contribution in [-0.2, 0) is 13.7 Å². The minimum Gasteiger partial charge on any atom is -0.454 e. The van der Waals surface area contributed by atoms with Crippen LogP contribution in [0, 0.1) is 69.2 Å². The van der Waals surface area contributed by atoms with Gasteiger partial charge in [0.05, 0.1) is 31.8 Å². The Hall–Kier alpha value is -16.9. The van der Waals surface area contributed by atoms with Gasteiger partial charge in [-0.25, -0.2) is 0 Å². The first-order chi connectivity index (χ1) is 72.3. The molecule has 0 N–H and O–H groups in total. The minimum absolute atomic E-state index is 0.586. The van der Waals surface area contributed by atoms with E-state index in [2.05, 4.69) is 300 Å². The Morgan fingerprint density at radius 3 is 0.466 bits per heavy atom. The van der Waals surface area contributed by atoms with Gasteiger partial charge in [0.25, 0.3) is 0 Å². The van der Waals surface area contributed by atoms with Crippen LogP contribution in [0.3, 0.4) is 0 Å². The van der Waals surface area contributed by atoms with Crippen molar-refractivity contribution in [3.63, 3.8) is 0 Å². The van der Waals surface area contributed by atoms with E-state index in [-0.39, 0.29) is 0 Å². The van der Waals surface area contributed by atoms with Crippen molar-refractivity contribution in [2.45, 2.75) is 69.2 Å². The highest BCUT2D eigenvalue weighted by Crippen LogP contribution is 2.69. The molecule has 6 aliphatic rings. The third-order valence-corrected chi connectivity index (χ3v) is 39.6. The van der Waals surface area contributed by atoms with Crippen molar-refractivity contribution in [2.24, 2.45) is 0 Å². The molecule has 0 radical (unpaired) electrons. The van der Waals surface area contributed by atoms with Crippen molar-refractivity contribution in [1.82, 2.24) is 0 Å². The average Bonchev–Trinajstić information content (AvgIpc) is 0.688. The summed E-state index contributed by atoms with van der Waals surface area (Å²) in [6.45, 7) is 21.1. The number of benzene rings is 21. The summed E-state index contributed by atoms with van der Waals surface area (Å²) in [4.78, 5) is 0. The third-order valence-electron chi connectivity index (χ3n) is 30.3. The van der Waals surface area contributed by atoms with E-state index in [4.69, 9.17) is 28.4 Å². The van der Waals surface area contributed by atoms with E-state index in [1.165, 1.54) is 0 Å². The second-order valence-corrected chi connectivity index (χ2v) is 47.1. The number of ether oxygens (including phenoxy) is 6. The van der Waals surface area contributed by atoms with E-state index in [9.17, 15) is 0 Å². The van der Waals surface area contributed by atoms with Crippen LogP contribution in [0.5, 0.6) is 69.0 Å². The maximum atomic E-state index is 16.9. The quantitative estimate of drug-likeness (QED) is 0.111. The molecule has 0 fully saturated rings. The first kappa shape index (κ1) is 92.3. The molecule has 2 unspecified atom stereocenters. The van der Waals surface area contributed by atoms with Crippen LogP contribution >= 0.6 is 21.4 Å². The van der Waals surface area contributed by atoms with Crippen LogP contribution in [0.1, 0.15) is 55.6 Å². The molecule has 0 saturated heterocycles. The number of rotatable bonds is 12. The summed E-state index contributed by atoms with van der Waals surface area (Å²) in [6, 6.07) is 147. The van der Waals surface area contributed by atoms with Crippen molar-refractivity contribution in [2.75, 3.05) is 0 Å². The van der Waals surface area contributed by atoms with Gasteiger partial charge in [-0.15, -0.1) is 0 Å². The lowest BCUT2D eigenvalue weighted by Gasteiger charge is -2.38. The highest BCUT2D eigenvalue weighted by molar-refractivity contribution is 7.87.